The van der Waals surface area contributed by atoms with Crippen molar-refractivity contribution in [1.29, 1.82) is 0 Å². The van der Waals surface area contributed by atoms with Gasteiger partial charge in [0.2, 0.25) is 5.91 Å². The predicted molar refractivity (Wildman–Crippen MR) is 103 cm³/mol. The fraction of sp³-hybridized carbons (Fsp3) is 0.474. The number of amides is 1. The fourth-order valence-electron chi connectivity index (χ4n) is 2.56. The van der Waals surface area contributed by atoms with E-state index in [4.69, 9.17) is 9.47 Å². The first kappa shape index (κ1) is 20.2. The lowest BCUT2D eigenvalue weighted by Gasteiger charge is -2.21. The zero-order chi connectivity index (χ0) is 19.1. The largest absolute Gasteiger partial charge is 0.493 e. The number of thiazole rings is 1. The van der Waals surface area contributed by atoms with Crippen molar-refractivity contribution in [1.82, 2.24) is 10.3 Å². The second-order valence-corrected chi connectivity index (χ2v) is 6.99. The van der Waals surface area contributed by atoms with Crippen LogP contribution in [-0.2, 0) is 11.2 Å². The van der Waals surface area contributed by atoms with E-state index in [1.807, 2.05) is 37.4 Å². The maximum Gasteiger partial charge on any atom is 0.226 e. The number of aromatic nitrogens is 1. The van der Waals surface area contributed by atoms with Crippen molar-refractivity contribution in [2.75, 3.05) is 20.8 Å². The number of nitrogens with zero attached hydrogens (tertiary/aromatic N) is 1. The smallest absolute Gasteiger partial charge is 0.226 e. The number of methoxy groups -OCH3 is 2. The Morgan fingerprint density at radius 1 is 1.31 bits per heavy atom. The zero-order valence-electron chi connectivity index (χ0n) is 15.6. The molecule has 0 saturated heterocycles. The Kier molecular flexibility index (Phi) is 7.41. The molecule has 26 heavy (non-hydrogen) atoms. The number of rotatable bonds is 9. The lowest BCUT2D eigenvalue weighted by Crippen LogP contribution is -2.42. The standard InChI is InChI=1S/C19H26N2O4S/c1-5-12(2)15(10-22)21-18(23)9-14-11-26-19(20-14)13-6-7-16(24-3)17(8-13)25-4/h6-8,11-12,15,22H,5,9-10H2,1-4H3,(H,21,23)/t12-,15-/m1/s1. The summed E-state index contributed by atoms with van der Waals surface area (Å²) in [4.78, 5) is 16.8. The number of hydrogen-bond acceptors (Lipinski definition) is 6. The van der Waals surface area contributed by atoms with E-state index in [2.05, 4.69) is 10.3 Å². The SMILES string of the molecule is CC[C@@H](C)[C@@H](CO)NC(=O)Cc1csc(-c2ccc(OC)c(OC)c2)n1. The third kappa shape index (κ3) is 4.95. The first-order valence-electron chi connectivity index (χ1n) is 8.59. The molecule has 6 nitrogen and oxygen atoms in total. The molecule has 0 radical (unpaired) electrons. The van der Waals surface area contributed by atoms with Gasteiger partial charge in [0.1, 0.15) is 5.01 Å². The fourth-order valence-corrected chi connectivity index (χ4v) is 3.38. The van der Waals surface area contributed by atoms with Crippen LogP contribution < -0.4 is 14.8 Å². The minimum absolute atomic E-state index is 0.0608. The third-order valence-electron chi connectivity index (χ3n) is 4.40. The van der Waals surface area contributed by atoms with Gasteiger partial charge in [0.15, 0.2) is 11.5 Å². The van der Waals surface area contributed by atoms with Crippen LogP contribution >= 0.6 is 11.3 Å². The average Bonchev–Trinajstić information content (AvgIpc) is 3.13. The highest BCUT2D eigenvalue weighted by Gasteiger charge is 2.18. The Hall–Kier alpha value is -2.12. The van der Waals surface area contributed by atoms with Crippen molar-refractivity contribution >= 4 is 17.2 Å². The van der Waals surface area contributed by atoms with E-state index >= 15 is 0 Å². The van der Waals surface area contributed by atoms with E-state index in [1.165, 1.54) is 11.3 Å². The maximum absolute atomic E-state index is 12.2. The summed E-state index contributed by atoms with van der Waals surface area (Å²) >= 11 is 1.48. The molecule has 2 aromatic rings. The van der Waals surface area contributed by atoms with E-state index < -0.39 is 0 Å². The van der Waals surface area contributed by atoms with Crippen LogP contribution in [-0.4, -0.2) is 42.9 Å². The van der Waals surface area contributed by atoms with Gasteiger partial charge in [-0.15, -0.1) is 11.3 Å². The van der Waals surface area contributed by atoms with Crippen LogP contribution in [0.4, 0.5) is 0 Å². The number of benzene rings is 1. The molecule has 1 aromatic carbocycles. The van der Waals surface area contributed by atoms with Crippen LogP contribution in [0, 0.1) is 5.92 Å². The first-order valence-corrected chi connectivity index (χ1v) is 9.47. The summed E-state index contributed by atoms with van der Waals surface area (Å²) in [5.41, 5.74) is 1.62. The molecule has 0 fully saturated rings. The van der Waals surface area contributed by atoms with E-state index in [0.29, 0.717) is 17.2 Å². The summed E-state index contributed by atoms with van der Waals surface area (Å²) in [5, 5.41) is 15.0. The predicted octanol–water partition coefficient (Wildman–Crippen LogP) is 2.89. The van der Waals surface area contributed by atoms with Gasteiger partial charge in [-0.3, -0.25) is 4.79 Å². The second-order valence-electron chi connectivity index (χ2n) is 6.13. The highest BCUT2D eigenvalue weighted by atomic mass is 32.1. The molecule has 0 aliphatic carbocycles. The van der Waals surface area contributed by atoms with Crippen LogP contribution in [0.25, 0.3) is 10.6 Å². The number of nitrogens with one attached hydrogen (secondary N) is 1. The van der Waals surface area contributed by atoms with Gasteiger partial charge in [0.05, 0.1) is 39.0 Å². The lowest BCUT2D eigenvalue weighted by molar-refractivity contribution is -0.121. The van der Waals surface area contributed by atoms with Gasteiger partial charge in [0, 0.05) is 10.9 Å². The van der Waals surface area contributed by atoms with Gasteiger partial charge < -0.3 is 19.9 Å². The normalized spacial score (nSPS) is 13.1. The lowest BCUT2D eigenvalue weighted by atomic mass is 10.00. The molecule has 0 saturated carbocycles. The number of carbonyl (C=O) groups is 1. The number of aliphatic hydroxyl groups is 1. The third-order valence-corrected chi connectivity index (χ3v) is 5.34. The van der Waals surface area contributed by atoms with Crippen molar-refractivity contribution in [2.24, 2.45) is 5.92 Å². The molecule has 0 spiro atoms. The van der Waals surface area contributed by atoms with Crippen LogP contribution in [0.2, 0.25) is 0 Å². The van der Waals surface area contributed by atoms with E-state index in [0.717, 1.165) is 17.0 Å². The highest BCUT2D eigenvalue weighted by Crippen LogP contribution is 2.33. The van der Waals surface area contributed by atoms with Gasteiger partial charge in [-0.1, -0.05) is 20.3 Å². The van der Waals surface area contributed by atoms with E-state index in [1.54, 1.807) is 14.2 Å². The summed E-state index contributed by atoms with van der Waals surface area (Å²) in [5.74, 6) is 1.39. The summed E-state index contributed by atoms with van der Waals surface area (Å²) in [7, 11) is 3.19. The summed E-state index contributed by atoms with van der Waals surface area (Å²) in [6.07, 6.45) is 1.09. The quantitative estimate of drug-likeness (QED) is 0.701. The van der Waals surface area contributed by atoms with Gasteiger partial charge in [0.25, 0.3) is 0 Å². The summed E-state index contributed by atoms with van der Waals surface area (Å²) in [6.45, 7) is 3.99. The maximum atomic E-state index is 12.2. The molecule has 1 amide bonds. The Bertz CT molecular complexity index is 732. The molecule has 142 valence electrons. The number of hydrogen-bond donors (Lipinski definition) is 2. The first-order chi connectivity index (χ1) is 12.5. The Morgan fingerprint density at radius 2 is 2.04 bits per heavy atom. The summed E-state index contributed by atoms with van der Waals surface area (Å²) < 4.78 is 10.6. The molecule has 0 bridgehead atoms. The topological polar surface area (TPSA) is 80.7 Å². The Labute approximate surface area is 158 Å². The number of carbonyl (C=O) groups excluding carboxylic acids is 1. The molecule has 0 aliphatic heterocycles. The minimum Gasteiger partial charge on any atom is -0.493 e. The van der Waals surface area contributed by atoms with Crippen molar-refractivity contribution in [3.63, 3.8) is 0 Å². The average molecular weight is 378 g/mol. The molecule has 2 atom stereocenters. The summed E-state index contributed by atoms with van der Waals surface area (Å²) in [6, 6.07) is 5.39. The second kappa shape index (κ2) is 9.54. The zero-order valence-corrected chi connectivity index (χ0v) is 16.4. The van der Waals surface area contributed by atoms with Crippen LogP contribution in [0.15, 0.2) is 23.6 Å². The van der Waals surface area contributed by atoms with E-state index in [-0.39, 0.29) is 30.9 Å². The van der Waals surface area contributed by atoms with Crippen molar-refractivity contribution < 1.29 is 19.4 Å². The highest BCUT2D eigenvalue weighted by molar-refractivity contribution is 7.13. The molecule has 1 aromatic heterocycles. The van der Waals surface area contributed by atoms with Gasteiger partial charge in [-0.05, 0) is 24.1 Å². The molecule has 2 rings (SSSR count). The number of aliphatic hydroxyl groups excluding tert-OH is 1. The molecule has 2 N–H and O–H groups in total. The van der Waals surface area contributed by atoms with Gasteiger partial charge in [-0.2, -0.15) is 0 Å². The van der Waals surface area contributed by atoms with Crippen LogP contribution in [0.3, 0.4) is 0 Å². The monoisotopic (exact) mass is 378 g/mol. The molecule has 0 unspecified atom stereocenters. The van der Waals surface area contributed by atoms with Crippen molar-refractivity contribution in [2.45, 2.75) is 32.7 Å². The molecule has 7 heteroatoms. The van der Waals surface area contributed by atoms with Crippen LogP contribution in [0.5, 0.6) is 11.5 Å². The van der Waals surface area contributed by atoms with Gasteiger partial charge >= 0.3 is 0 Å². The molecular weight excluding hydrogens is 352 g/mol. The molecule has 1 heterocycles. The Balaban J connectivity index is 2.07. The number of ether oxygens (including phenoxy) is 2. The van der Waals surface area contributed by atoms with Crippen molar-refractivity contribution in [3.05, 3.63) is 29.3 Å². The van der Waals surface area contributed by atoms with E-state index in [9.17, 15) is 9.90 Å². The minimum atomic E-state index is -0.226. The molecule has 0 aliphatic rings. The molecular formula is C19H26N2O4S. The van der Waals surface area contributed by atoms with Crippen molar-refractivity contribution in [3.8, 4) is 22.1 Å². The Morgan fingerprint density at radius 3 is 2.65 bits per heavy atom. The van der Waals surface area contributed by atoms with Gasteiger partial charge in [-0.25, -0.2) is 4.98 Å². The van der Waals surface area contributed by atoms with Crippen LogP contribution in [0.1, 0.15) is 26.0 Å².